The third-order valence-corrected chi connectivity index (χ3v) is 3.02. The Hall–Kier alpha value is -2.00. The molecule has 0 aliphatic heterocycles. The number of carbonyl (C=O) groups is 1. The van der Waals surface area contributed by atoms with E-state index >= 15 is 0 Å². The van der Waals surface area contributed by atoms with Gasteiger partial charge in [0.1, 0.15) is 17.7 Å². The van der Waals surface area contributed by atoms with Crippen molar-refractivity contribution in [2.45, 2.75) is 38.2 Å². The Morgan fingerprint density at radius 2 is 1.85 bits per heavy atom. The number of halogens is 2. The first-order valence-corrected chi connectivity index (χ1v) is 6.32. The lowest BCUT2D eigenvalue weighted by Gasteiger charge is -2.14. The highest BCUT2D eigenvalue weighted by atomic mass is 19.1. The predicted octanol–water partition coefficient (Wildman–Crippen LogP) is 2.25. The van der Waals surface area contributed by atoms with Crippen LogP contribution in [0.15, 0.2) is 12.1 Å². The summed E-state index contributed by atoms with van der Waals surface area (Å²) in [4.78, 5) is 10.6. The largest absolute Gasteiger partial charge is 0.393 e. The summed E-state index contributed by atoms with van der Waals surface area (Å²) in [6, 6.07) is 2.71. The average molecular weight is 282 g/mol. The van der Waals surface area contributed by atoms with Crippen LogP contribution in [-0.2, 0) is 0 Å². The summed E-state index contributed by atoms with van der Waals surface area (Å²) < 4.78 is 25.4. The van der Waals surface area contributed by atoms with Crippen LogP contribution >= 0.6 is 0 Å². The van der Waals surface area contributed by atoms with E-state index in [1.54, 1.807) is 0 Å². The van der Waals surface area contributed by atoms with Gasteiger partial charge in [-0.15, -0.1) is 0 Å². The van der Waals surface area contributed by atoms with Gasteiger partial charge < -0.3 is 10.8 Å². The molecule has 0 bridgehead atoms. The molecule has 4 nitrogen and oxygen atoms in total. The van der Waals surface area contributed by atoms with E-state index < -0.39 is 28.7 Å². The van der Waals surface area contributed by atoms with Crippen LogP contribution in [0.5, 0.6) is 0 Å². The number of nitriles is 1. The molecule has 2 rings (SSSR count). The minimum absolute atomic E-state index is 0.0359. The summed E-state index contributed by atoms with van der Waals surface area (Å²) in [7, 11) is 0. The van der Waals surface area contributed by atoms with Gasteiger partial charge in [0.25, 0.3) is 5.91 Å². The molecule has 0 saturated heterocycles. The van der Waals surface area contributed by atoms with Gasteiger partial charge in [0.15, 0.2) is 0 Å². The topological polar surface area (TPSA) is 87.1 Å². The van der Waals surface area contributed by atoms with Gasteiger partial charge in [-0.1, -0.05) is 19.3 Å². The highest BCUT2D eigenvalue weighted by Crippen LogP contribution is 2.16. The van der Waals surface area contributed by atoms with Gasteiger partial charge >= 0.3 is 0 Å². The second-order valence-corrected chi connectivity index (χ2v) is 4.58. The predicted molar refractivity (Wildman–Crippen MR) is 68.7 cm³/mol. The molecule has 0 aromatic heterocycles. The maximum atomic E-state index is 12.8. The number of benzene rings is 1. The molecule has 0 radical (unpaired) electrons. The number of rotatable bonds is 1. The van der Waals surface area contributed by atoms with Crippen LogP contribution in [0.2, 0.25) is 0 Å². The van der Waals surface area contributed by atoms with Crippen molar-refractivity contribution in [1.29, 1.82) is 5.26 Å². The van der Waals surface area contributed by atoms with E-state index in [-0.39, 0.29) is 6.10 Å². The Kier molecular flexibility index (Phi) is 6.07. The van der Waals surface area contributed by atoms with Crippen LogP contribution < -0.4 is 5.73 Å². The fourth-order valence-electron chi connectivity index (χ4n) is 1.90. The SMILES string of the molecule is N#Cc1cc(C(N)=O)c(F)cc1F.OC1CCCCC1. The molecule has 0 spiro atoms. The molecule has 1 amide bonds. The molecule has 1 saturated carbocycles. The summed E-state index contributed by atoms with van der Waals surface area (Å²) in [6.07, 6.45) is 5.92. The summed E-state index contributed by atoms with van der Waals surface area (Å²) in [5.41, 5.74) is 3.88. The lowest BCUT2D eigenvalue weighted by molar-refractivity contribution is 0.0996. The van der Waals surface area contributed by atoms with Crippen molar-refractivity contribution in [2.75, 3.05) is 0 Å². The second-order valence-electron chi connectivity index (χ2n) is 4.58. The Bertz CT molecular complexity index is 521. The number of hydrogen-bond donors (Lipinski definition) is 2. The molecule has 1 fully saturated rings. The summed E-state index contributed by atoms with van der Waals surface area (Å²) in [6.45, 7) is 0. The second kappa shape index (κ2) is 7.56. The van der Waals surface area contributed by atoms with Crippen molar-refractivity contribution >= 4 is 5.91 Å². The van der Waals surface area contributed by atoms with Gasteiger partial charge in [-0.05, 0) is 18.9 Å². The van der Waals surface area contributed by atoms with Gasteiger partial charge in [-0.25, -0.2) is 8.78 Å². The van der Waals surface area contributed by atoms with E-state index in [0.29, 0.717) is 6.07 Å². The first-order chi connectivity index (χ1) is 9.45. The van der Waals surface area contributed by atoms with Gasteiger partial charge in [-0.2, -0.15) is 5.26 Å². The van der Waals surface area contributed by atoms with Gasteiger partial charge in [-0.3, -0.25) is 4.79 Å². The molecule has 3 N–H and O–H groups in total. The fraction of sp³-hybridized carbons (Fsp3) is 0.429. The number of nitrogens with two attached hydrogens (primary N) is 1. The molecular formula is C14H16F2N2O2. The Balaban J connectivity index is 0.000000240. The summed E-state index contributed by atoms with van der Waals surface area (Å²) >= 11 is 0. The molecule has 1 aromatic carbocycles. The highest BCUT2D eigenvalue weighted by Gasteiger charge is 2.13. The molecular weight excluding hydrogens is 266 g/mol. The van der Waals surface area contributed by atoms with Crippen molar-refractivity contribution < 1.29 is 18.7 Å². The standard InChI is InChI=1S/C8H4F2N2O.C6H12O/c9-6-2-7(10)5(8(12)13)1-4(6)3-11;7-6-4-2-1-3-5-6/h1-2H,(H2,12,13);6-7H,1-5H2. The normalized spacial score (nSPS) is 14.9. The van der Waals surface area contributed by atoms with Crippen molar-refractivity contribution in [1.82, 2.24) is 0 Å². The third kappa shape index (κ3) is 4.59. The van der Waals surface area contributed by atoms with Crippen LogP contribution in [-0.4, -0.2) is 17.1 Å². The van der Waals surface area contributed by atoms with Crippen LogP contribution in [0.1, 0.15) is 48.0 Å². The van der Waals surface area contributed by atoms with E-state index in [0.717, 1.165) is 18.9 Å². The minimum atomic E-state index is -1.07. The highest BCUT2D eigenvalue weighted by molar-refractivity contribution is 5.93. The zero-order valence-corrected chi connectivity index (χ0v) is 10.9. The maximum Gasteiger partial charge on any atom is 0.251 e. The van der Waals surface area contributed by atoms with Gasteiger partial charge in [0, 0.05) is 6.07 Å². The van der Waals surface area contributed by atoms with Crippen molar-refractivity contribution in [3.05, 3.63) is 34.9 Å². The first-order valence-electron chi connectivity index (χ1n) is 6.32. The molecule has 1 aliphatic rings. The zero-order valence-electron chi connectivity index (χ0n) is 10.9. The number of amides is 1. The first kappa shape index (κ1) is 16.1. The number of carbonyl (C=O) groups excluding carboxylic acids is 1. The minimum Gasteiger partial charge on any atom is -0.393 e. The molecule has 0 unspecified atom stereocenters. The Morgan fingerprint density at radius 3 is 2.25 bits per heavy atom. The molecule has 1 aliphatic carbocycles. The monoisotopic (exact) mass is 282 g/mol. The maximum absolute atomic E-state index is 12.8. The lowest BCUT2D eigenvalue weighted by atomic mass is 9.98. The molecule has 0 atom stereocenters. The Morgan fingerprint density at radius 1 is 1.25 bits per heavy atom. The molecule has 6 heteroatoms. The van der Waals surface area contributed by atoms with Gasteiger partial charge in [0.05, 0.1) is 17.2 Å². The number of nitrogens with zero attached hydrogens (tertiary/aromatic N) is 1. The lowest BCUT2D eigenvalue weighted by Crippen LogP contribution is -2.13. The van der Waals surface area contributed by atoms with Gasteiger partial charge in [0.2, 0.25) is 0 Å². The van der Waals surface area contributed by atoms with Crippen molar-refractivity contribution in [3.8, 4) is 6.07 Å². The third-order valence-electron chi connectivity index (χ3n) is 3.02. The molecule has 0 heterocycles. The number of hydrogen-bond acceptors (Lipinski definition) is 3. The van der Waals surface area contributed by atoms with Crippen LogP contribution in [0.25, 0.3) is 0 Å². The molecule has 1 aromatic rings. The average Bonchev–Trinajstić information content (AvgIpc) is 2.40. The molecule has 108 valence electrons. The number of primary amides is 1. The smallest absolute Gasteiger partial charge is 0.251 e. The van der Waals surface area contributed by atoms with E-state index in [1.807, 2.05) is 0 Å². The van der Waals surface area contributed by atoms with Crippen LogP contribution in [0.4, 0.5) is 8.78 Å². The van der Waals surface area contributed by atoms with E-state index in [2.05, 4.69) is 0 Å². The van der Waals surface area contributed by atoms with E-state index in [1.165, 1.54) is 25.3 Å². The summed E-state index contributed by atoms with van der Waals surface area (Å²) in [5, 5.41) is 17.3. The number of aliphatic hydroxyl groups is 1. The summed E-state index contributed by atoms with van der Waals surface area (Å²) in [5.74, 6) is -3.11. The van der Waals surface area contributed by atoms with Crippen molar-refractivity contribution in [2.24, 2.45) is 5.73 Å². The number of aliphatic hydroxyl groups excluding tert-OH is 1. The van der Waals surface area contributed by atoms with E-state index in [9.17, 15) is 13.6 Å². The molecule has 20 heavy (non-hydrogen) atoms. The fourth-order valence-corrected chi connectivity index (χ4v) is 1.90. The van der Waals surface area contributed by atoms with Crippen molar-refractivity contribution in [3.63, 3.8) is 0 Å². The Labute approximate surface area is 115 Å². The van der Waals surface area contributed by atoms with Crippen LogP contribution in [0, 0.1) is 23.0 Å². The van der Waals surface area contributed by atoms with Crippen LogP contribution in [0.3, 0.4) is 0 Å². The quantitative estimate of drug-likeness (QED) is 0.828. The van der Waals surface area contributed by atoms with E-state index in [4.69, 9.17) is 16.1 Å². The zero-order chi connectivity index (χ0) is 15.1.